The molecule has 306 valence electrons. The Balaban J connectivity index is 1.03. The van der Waals surface area contributed by atoms with Crippen molar-refractivity contribution < 1.29 is 4.42 Å². The van der Waals surface area contributed by atoms with E-state index in [0.29, 0.717) is 0 Å². The van der Waals surface area contributed by atoms with Crippen LogP contribution in [0.25, 0.3) is 103 Å². The van der Waals surface area contributed by atoms with Crippen LogP contribution >= 0.6 is 11.3 Å². The van der Waals surface area contributed by atoms with Crippen LogP contribution in [0.5, 0.6) is 0 Å². The lowest BCUT2D eigenvalue weighted by Gasteiger charge is -2.27. The number of hydrogen-bond donors (Lipinski definition) is 0. The first-order valence-corrected chi connectivity index (χ1v) is 23.2. The van der Waals surface area contributed by atoms with Crippen molar-refractivity contribution in [1.29, 1.82) is 0 Å². The fourth-order valence-electron chi connectivity index (χ4n) is 11.1. The molecular weight excluding hydrogens is 809 g/mol. The molecule has 0 saturated carbocycles. The maximum atomic E-state index is 6.97. The minimum absolute atomic E-state index is 0.109. The van der Waals surface area contributed by atoms with Crippen LogP contribution in [0.4, 0.5) is 17.1 Å². The molecule has 3 aromatic heterocycles. The van der Waals surface area contributed by atoms with Gasteiger partial charge < -0.3 is 13.9 Å². The minimum atomic E-state index is -0.109. The zero-order valence-electron chi connectivity index (χ0n) is 35.8. The Morgan fingerprint density at radius 2 is 1.15 bits per heavy atom. The van der Waals surface area contributed by atoms with Gasteiger partial charge in [-0.25, -0.2) is 0 Å². The summed E-state index contributed by atoms with van der Waals surface area (Å²) in [4.78, 5) is 2.43. The second-order valence-corrected chi connectivity index (χ2v) is 19.2. The highest BCUT2D eigenvalue weighted by Crippen LogP contribution is 2.51. The fraction of sp³-hybridized carbons (Fsp3) is 0.0492. The number of anilines is 3. The van der Waals surface area contributed by atoms with E-state index in [0.717, 1.165) is 50.1 Å². The number of thiophene rings is 1. The molecule has 0 N–H and O–H groups in total. The summed E-state index contributed by atoms with van der Waals surface area (Å²) in [6.07, 6.45) is 0. The van der Waals surface area contributed by atoms with Crippen molar-refractivity contribution in [2.45, 2.75) is 19.3 Å². The van der Waals surface area contributed by atoms with E-state index in [4.69, 9.17) is 4.42 Å². The van der Waals surface area contributed by atoms with Gasteiger partial charge in [0.15, 0.2) is 5.58 Å². The van der Waals surface area contributed by atoms with Gasteiger partial charge in [0, 0.05) is 63.9 Å². The zero-order chi connectivity index (χ0) is 43.0. The third-order valence-electron chi connectivity index (χ3n) is 14.2. The number of benzene rings is 10. The standard InChI is InChI=1S/C61H40N2OS/c1-61(2)51-21-9-5-17-43(51)44-30-27-40(35-52(44)61)62-54-22-10-6-18-45(54)46-29-26-38(33-55(46)62)39-32-50-47-19-7-11-24-57(47)64-60(50)56(34-39)63(53-23-13-15-37-14-3-4-16-42(37)53)41-28-31-49-48-20-8-12-25-58(48)65-59(49)36-41/h3-36H,1-2H3. The molecule has 1 aliphatic carbocycles. The first-order chi connectivity index (χ1) is 32.0. The number of rotatable bonds is 5. The number of hydrogen-bond acceptors (Lipinski definition) is 3. The van der Waals surface area contributed by atoms with E-state index in [1.54, 1.807) is 0 Å². The third kappa shape index (κ3) is 5.29. The molecule has 0 radical (unpaired) electrons. The molecule has 1 aliphatic rings. The van der Waals surface area contributed by atoms with Gasteiger partial charge in [0.25, 0.3) is 0 Å². The summed E-state index contributed by atoms with van der Waals surface area (Å²) >= 11 is 1.85. The summed E-state index contributed by atoms with van der Waals surface area (Å²) in [6, 6.07) is 76.0. The van der Waals surface area contributed by atoms with E-state index < -0.39 is 0 Å². The van der Waals surface area contributed by atoms with Gasteiger partial charge in [0.05, 0.1) is 22.4 Å². The van der Waals surface area contributed by atoms with Crippen molar-refractivity contribution in [3.8, 4) is 27.9 Å². The van der Waals surface area contributed by atoms with Gasteiger partial charge in [-0.05, 0) is 105 Å². The van der Waals surface area contributed by atoms with Gasteiger partial charge in [0.1, 0.15) is 5.58 Å². The fourth-order valence-corrected chi connectivity index (χ4v) is 12.2. The Morgan fingerprint density at radius 1 is 0.446 bits per heavy atom. The Labute approximate surface area is 379 Å². The van der Waals surface area contributed by atoms with Crippen molar-refractivity contribution in [3.05, 3.63) is 217 Å². The van der Waals surface area contributed by atoms with Crippen LogP contribution in [0.1, 0.15) is 25.0 Å². The Morgan fingerprint density at radius 3 is 2.08 bits per heavy atom. The first kappa shape index (κ1) is 36.6. The average molecular weight is 849 g/mol. The molecule has 0 aliphatic heterocycles. The first-order valence-electron chi connectivity index (χ1n) is 22.4. The number of aromatic nitrogens is 1. The maximum Gasteiger partial charge on any atom is 0.159 e. The van der Waals surface area contributed by atoms with Crippen LogP contribution in [-0.4, -0.2) is 4.57 Å². The molecule has 0 fully saturated rings. The van der Waals surface area contributed by atoms with Gasteiger partial charge in [-0.3, -0.25) is 0 Å². The van der Waals surface area contributed by atoms with Gasteiger partial charge in [-0.15, -0.1) is 11.3 Å². The van der Waals surface area contributed by atoms with E-state index in [1.165, 1.54) is 80.7 Å². The van der Waals surface area contributed by atoms with Crippen LogP contribution in [0.15, 0.2) is 211 Å². The summed E-state index contributed by atoms with van der Waals surface area (Å²) in [5.74, 6) is 0. The van der Waals surface area contributed by atoms with Gasteiger partial charge in [-0.1, -0.05) is 153 Å². The molecule has 3 nitrogen and oxygen atoms in total. The van der Waals surface area contributed by atoms with Gasteiger partial charge in [-0.2, -0.15) is 0 Å². The summed E-state index contributed by atoms with van der Waals surface area (Å²) in [7, 11) is 0. The van der Waals surface area contributed by atoms with Gasteiger partial charge in [0.2, 0.25) is 0 Å². The highest BCUT2D eigenvalue weighted by molar-refractivity contribution is 7.25. The van der Waals surface area contributed by atoms with Crippen LogP contribution < -0.4 is 4.90 Å². The SMILES string of the molecule is CC1(C)c2ccccc2-c2ccc(-n3c4ccccc4c4ccc(-c5cc(N(c6ccc7c(c6)sc6ccccc67)c6cccc7ccccc67)c6oc7ccccc7c6c5)cc43)cc21. The zero-order valence-corrected chi connectivity index (χ0v) is 36.7. The van der Waals surface area contributed by atoms with Gasteiger partial charge >= 0.3 is 0 Å². The molecule has 0 amide bonds. The van der Waals surface area contributed by atoms with E-state index in [2.05, 4.69) is 230 Å². The largest absolute Gasteiger partial charge is 0.454 e. The lowest BCUT2D eigenvalue weighted by atomic mass is 9.82. The molecule has 13 aromatic rings. The molecule has 3 heterocycles. The summed E-state index contributed by atoms with van der Waals surface area (Å²) in [5, 5.41) is 9.58. The van der Waals surface area contributed by atoms with E-state index in [-0.39, 0.29) is 5.41 Å². The molecule has 0 unspecified atom stereocenters. The molecule has 10 aromatic carbocycles. The number of furan rings is 1. The Bertz CT molecular complexity index is 4120. The summed E-state index contributed by atoms with van der Waals surface area (Å²) in [5.41, 5.74) is 16.0. The lowest BCUT2D eigenvalue weighted by Crippen LogP contribution is -2.15. The molecule has 65 heavy (non-hydrogen) atoms. The topological polar surface area (TPSA) is 21.3 Å². The van der Waals surface area contributed by atoms with Crippen molar-refractivity contribution >= 4 is 103 Å². The molecule has 14 rings (SSSR count). The van der Waals surface area contributed by atoms with E-state index >= 15 is 0 Å². The van der Waals surface area contributed by atoms with Crippen LogP contribution in [-0.2, 0) is 5.41 Å². The second kappa shape index (κ2) is 13.5. The van der Waals surface area contributed by atoms with E-state index in [9.17, 15) is 0 Å². The number of nitrogens with zero attached hydrogens (tertiary/aromatic N) is 2. The maximum absolute atomic E-state index is 6.97. The molecular formula is C61H40N2OS. The molecule has 4 heteroatoms. The van der Waals surface area contributed by atoms with Crippen molar-refractivity contribution in [1.82, 2.24) is 4.57 Å². The Hall–Kier alpha value is -7.92. The molecule has 0 bridgehead atoms. The summed E-state index contributed by atoms with van der Waals surface area (Å²) < 4.78 is 12.0. The smallest absolute Gasteiger partial charge is 0.159 e. The predicted octanol–water partition coefficient (Wildman–Crippen LogP) is 17.6. The second-order valence-electron chi connectivity index (χ2n) is 18.1. The Kier molecular flexibility index (Phi) is 7.62. The highest BCUT2D eigenvalue weighted by atomic mass is 32.1. The van der Waals surface area contributed by atoms with Crippen molar-refractivity contribution in [2.75, 3.05) is 4.90 Å². The van der Waals surface area contributed by atoms with E-state index in [1.807, 2.05) is 11.3 Å². The quantitative estimate of drug-likeness (QED) is 0.172. The number of para-hydroxylation sites is 2. The normalized spacial score (nSPS) is 13.2. The van der Waals surface area contributed by atoms with Crippen molar-refractivity contribution in [2.24, 2.45) is 0 Å². The predicted molar refractivity (Wildman–Crippen MR) is 276 cm³/mol. The minimum Gasteiger partial charge on any atom is -0.454 e. The number of fused-ring (bicyclic) bond motifs is 13. The van der Waals surface area contributed by atoms with Crippen molar-refractivity contribution in [3.63, 3.8) is 0 Å². The van der Waals surface area contributed by atoms with Crippen LogP contribution in [0, 0.1) is 0 Å². The highest BCUT2D eigenvalue weighted by Gasteiger charge is 2.35. The lowest BCUT2D eigenvalue weighted by molar-refractivity contribution is 0.660. The summed E-state index contributed by atoms with van der Waals surface area (Å²) in [6.45, 7) is 4.72. The molecule has 0 spiro atoms. The molecule has 0 saturated heterocycles. The third-order valence-corrected chi connectivity index (χ3v) is 15.3. The average Bonchev–Trinajstić information content (AvgIpc) is 4.08. The van der Waals surface area contributed by atoms with Crippen LogP contribution in [0.2, 0.25) is 0 Å². The van der Waals surface area contributed by atoms with Crippen LogP contribution in [0.3, 0.4) is 0 Å². The monoisotopic (exact) mass is 848 g/mol. The molecule has 0 atom stereocenters.